The van der Waals surface area contributed by atoms with Crippen molar-refractivity contribution in [2.24, 2.45) is 0 Å². The summed E-state index contributed by atoms with van der Waals surface area (Å²) in [7, 11) is 0. The van der Waals surface area contributed by atoms with Crippen LogP contribution in [0.5, 0.6) is 0 Å². The van der Waals surface area contributed by atoms with Crippen LogP contribution in [-0.4, -0.2) is 0 Å². The molecule has 0 amide bonds. The van der Waals surface area contributed by atoms with E-state index in [1.807, 2.05) is 12.1 Å². The summed E-state index contributed by atoms with van der Waals surface area (Å²) in [4.78, 5) is 0. The van der Waals surface area contributed by atoms with Crippen LogP contribution in [0.2, 0.25) is 10.0 Å². The molecule has 3 heteroatoms. The van der Waals surface area contributed by atoms with Crippen molar-refractivity contribution in [1.82, 2.24) is 0 Å². The van der Waals surface area contributed by atoms with Gasteiger partial charge >= 0.3 is 0 Å². The molecule has 2 aromatic rings. The highest BCUT2D eigenvalue weighted by Crippen LogP contribution is 2.19. The Hall–Kier alpha value is -1.05. The summed E-state index contributed by atoms with van der Waals surface area (Å²) in [6.45, 7) is 0. The largest absolute Gasteiger partial charge is 0.207 e. The maximum atomic E-state index is 11.9. The Kier molecular flexibility index (Phi) is 5.16. The van der Waals surface area contributed by atoms with E-state index in [0.29, 0.717) is 10.0 Å². The van der Waals surface area contributed by atoms with Gasteiger partial charge in [-0.25, -0.2) is 4.39 Å². The van der Waals surface area contributed by atoms with Gasteiger partial charge in [0.15, 0.2) is 0 Å². The fourth-order valence-electron chi connectivity index (χ4n) is 0.854. The molecule has 0 aliphatic heterocycles. The number of hydrogen-bond donors (Lipinski definition) is 0. The average molecular weight is 243 g/mol. The third-order valence-electron chi connectivity index (χ3n) is 1.56. The van der Waals surface area contributed by atoms with Crippen molar-refractivity contribution < 1.29 is 4.39 Å². The van der Waals surface area contributed by atoms with Crippen LogP contribution in [0.4, 0.5) is 4.39 Å². The van der Waals surface area contributed by atoms with Gasteiger partial charge in [-0.1, -0.05) is 53.5 Å². The smallest absolute Gasteiger partial charge is 0.123 e. The van der Waals surface area contributed by atoms with Crippen molar-refractivity contribution in [1.29, 1.82) is 0 Å². The summed E-state index contributed by atoms with van der Waals surface area (Å²) in [5.74, 6) is -0.178. The molecular weight excluding hydrogens is 234 g/mol. The number of halogens is 3. The Labute approximate surface area is 98.3 Å². The fraction of sp³-hybridized carbons (Fsp3) is 0. The van der Waals surface area contributed by atoms with Gasteiger partial charge in [0.1, 0.15) is 5.82 Å². The third-order valence-corrected chi connectivity index (χ3v) is 2.31. The maximum absolute atomic E-state index is 11.9. The quantitative estimate of drug-likeness (QED) is 0.622. The lowest BCUT2D eigenvalue weighted by Crippen LogP contribution is -1.63. The van der Waals surface area contributed by atoms with E-state index in [1.54, 1.807) is 30.3 Å². The minimum Gasteiger partial charge on any atom is -0.207 e. The molecule has 0 saturated heterocycles. The Bertz CT molecular complexity index is 380. The van der Waals surface area contributed by atoms with Crippen molar-refractivity contribution in [2.45, 2.75) is 0 Å². The molecule has 0 aromatic heterocycles. The zero-order chi connectivity index (χ0) is 11.1. The van der Waals surface area contributed by atoms with Gasteiger partial charge in [-0.05, 0) is 24.3 Å². The Balaban J connectivity index is 0.000000151. The molecule has 2 rings (SSSR count). The first-order valence-corrected chi connectivity index (χ1v) is 5.06. The van der Waals surface area contributed by atoms with Gasteiger partial charge in [0, 0.05) is 0 Å². The van der Waals surface area contributed by atoms with Gasteiger partial charge in [0.05, 0.1) is 10.0 Å². The SMILES string of the molecule is Clc1ccccc1Cl.Fc1ccccc1. The van der Waals surface area contributed by atoms with Crippen LogP contribution in [-0.2, 0) is 0 Å². The van der Waals surface area contributed by atoms with Crippen LogP contribution in [0.3, 0.4) is 0 Å². The molecule has 0 fully saturated rings. The monoisotopic (exact) mass is 242 g/mol. The highest BCUT2D eigenvalue weighted by molar-refractivity contribution is 6.41. The van der Waals surface area contributed by atoms with E-state index in [4.69, 9.17) is 23.2 Å². The molecule has 2 aromatic carbocycles. The average Bonchev–Trinajstić information content (AvgIpc) is 2.25. The number of hydrogen-bond acceptors (Lipinski definition) is 0. The molecule has 0 N–H and O–H groups in total. The lowest BCUT2D eigenvalue weighted by atomic mass is 10.4. The fourth-order valence-corrected chi connectivity index (χ4v) is 1.13. The van der Waals surface area contributed by atoms with Crippen LogP contribution in [0, 0.1) is 5.82 Å². The lowest BCUT2D eigenvalue weighted by Gasteiger charge is -1.88. The summed E-state index contributed by atoms with van der Waals surface area (Å²) in [6.07, 6.45) is 0. The number of rotatable bonds is 0. The van der Waals surface area contributed by atoms with Crippen LogP contribution >= 0.6 is 23.2 Å². The van der Waals surface area contributed by atoms with Gasteiger partial charge in [-0.15, -0.1) is 0 Å². The second kappa shape index (κ2) is 6.44. The number of benzene rings is 2. The van der Waals surface area contributed by atoms with Crippen molar-refractivity contribution in [3.8, 4) is 0 Å². The molecule has 0 unspecified atom stereocenters. The molecular formula is C12H9Cl2F. The highest BCUT2D eigenvalue weighted by Gasteiger charge is 1.89. The predicted octanol–water partition coefficient (Wildman–Crippen LogP) is 4.82. The molecule has 0 radical (unpaired) electrons. The van der Waals surface area contributed by atoms with Gasteiger partial charge in [0.25, 0.3) is 0 Å². The Morgan fingerprint density at radius 1 is 0.667 bits per heavy atom. The summed E-state index contributed by atoms with van der Waals surface area (Å²) in [6, 6.07) is 15.1. The van der Waals surface area contributed by atoms with Crippen LogP contribution < -0.4 is 0 Å². The molecule has 0 nitrogen and oxygen atoms in total. The zero-order valence-electron chi connectivity index (χ0n) is 7.83. The first-order valence-electron chi connectivity index (χ1n) is 4.30. The molecule has 0 atom stereocenters. The first-order chi connectivity index (χ1) is 7.20. The summed E-state index contributed by atoms with van der Waals surface area (Å²) < 4.78 is 11.9. The minimum atomic E-state index is -0.178. The van der Waals surface area contributed by atoms with Crippen molar-refractivity contribution in [3.63, 3.8) is 0 Å². The van der Waals surface area contributed by atoms with Gasteiger partial charge in [0.2, 0.25) is 0 Å². The van der Waals surface area contributed by atoms with E-state index in [0.717, 1.165) is 0 Å². The first kappa shape index (κ1) is 12.0. The van der Waals surface area contributed by atoms with E-state index in [9.17, 15) is 4.39 Å². The molecule has 0 aliphatic carbocycles. The van der Waals surface area contributed by atoms with Crippen LogP contribution in [0.1, 0.15) is 0 Å². The van der Waals surface area contributed by atoms with E-state index in [-0.39, 0.29) is 5.82 Å². The Morgan fingerprint density at radius 3 is 1.33 bits per heavy atom. The van der Waals surface area contributed by atoms with E-state index in [2.05, 4.69) is 0 Å². The third kappa shape index (κ3) is 4.82. The summed E-state index contributed by atoms with van der Waals surface area (Å²) in [5.41, 5.74) is 0. The van der Waals surface area contributed by atoms with Crippen molar-refractivity contribution in [2.75, 3.05) is 0 Å². The second-order valence-corrected chi connectivity index (χ2v) is 3.52. The normalized spacial score (nSPS) is 9.00. The van der Waals surface area contributed by atoms with Gasteiger partial charge < -0.3 is 0 Å². The highest BCUT2D eigenvalue weighted by atomic mass is 35.5. The lowest BCUT2D eigenvalue weighted by molar-refractivity contribution is 0.628. The standard InChI is InChI=1S/C6H4Cl2.C6H5F/c7-5-3-1-2-4-6(5)8;7-6-4-2-1-3-5-6/h1-4H;1-5H. The van der Waals surface area contributed by atoms with Crippen LogP contribution in [0.15, 0.2) is 54.6 Å². The predicted molar refractivity (Wildman–Crippen MR) is 62.9 cm³/mol. The molecule has 0 spiro atoms. The van der Waals surface area contributed by atoms with E-state index >= 15 is 0 Å². The van der Waals surface area contributed by atoms with Crippen molar-refractivity contribution in [3.05, 3.63) is 70.5 Å². The second-order valence-electron chi connectivity index (χ2n) is 2.71. The Morgan fingerprint density at radius 2 is 1.07 bits per heavy atom. The molecule has 0 saturated carbocycles. The molecule has 0 heterocycles. The summed E-state index contributed by atoms with van der Waals surface area (Å²) in [5, 5.41) is 1.21. The maximum Gasteiger partial charge on any atom is 0.123 e. The van der Waals surface area contributed by atoms with E-state index in [1.165, 1.54) is 12.1 Å². The van der Waals surface area contributed by atoms with Gasteiger partial charge in [-0.2, -0.15) is 0 Å². The molecule has 0 aliphatic rings. The van der Waals surface area contributed by atoms with E-state index < -0.39 is 0 Å². The van der Waals surface area contributed by atoms with Crippen LogP contribution in [0.25, 0.3) is 0 Å². The van der Waals surface area contributed by atoms with Gasteiger partial charge in [-0.3, -0.25) is 0 Å². The summed E-state index contributed by atoms with van der Waals surface area (Å²) >= 11 is 11.2. The minimum absolute atomic E-state index is 0.178. The topological polar surface area (TPSA) is 0 Å². The zero-order valence-corrected chi connectivity index (χ0v) is 9.34. The van der Waals surface area contributed by atoms with Crippen molar-refractivity contribution >= 4 is 23.2 Å². The molecule has 78 valence electrons. The molecule has 0 bridgehead atoms. The molecule has 15 heavy (non-hydrogen) atoms.